The van der Waals surface area contributed by atoms with Crippen LogP contribution < -0.4 is 4.90 Å². The second kappa shape index (κ2) is 7.03. The maximum atomic E-state index is 14.6. The first kappa shape index (κ1) is 17.5. The Balaban J connectivity index is 1.96. The average Bonchev–Trinajstić information content (AvgIpc) is 2.73. The first-order valence-corrected chi connectivity index (χ1v) is 8.47. The molecule has 1 amide bonds. The van der Waals surface area contributed by atoms with E-state index in [1.807, 2.05) is 0 Å². The molecular formula is C21H14FN3O3. The topological polar surface area (TPSA) is 83.4 Å². The zero-order valence-corrected chi connectivity index (χ0v) is 14.5. The van der Waals surface area contributed by atoms with Crippen molar-refractivity contribution in [1.29, 1.82) is 0 Å². The number of aliphatic hydroxyl groups excluding tert-OH is 1. The van der Waals surface area contributed by atoms with Gasteiger partial charge >= 0.3 is 0 Å². The lowest BCUT2D eigenvalue weighted by Gasteiger charge is -2.33. The van der Waals surface area contributed by atoms with Crippen LogP contribution >= 0.6 is 0 Å². The molecule has 1 aromatic heterocycles. The van der Waals surface area contributed by atoms with E-state index >= 15 is 0 Å². The van der Waals surface area contributed by atoms with Crippen LogP contribution in [0.15, 0.2) is 78.8 Å². The monoisotopic (exact) mass is 375 g/mol. The number of anilines is 1. The summed E-state index contributed by atoms with van der Waals surface area (Å²) in [6, 6.07) is 14.2. The molecule has 6 nitrogen and oxygen atoms in total. The van der Waals surface area contributed by atoms with Crippen molar-refractivity contribution in [2.24, 2.45) is 0 Å². The minimum atomic E-state index is -1.35. The molecule has 1 aliphatic rings. The highest BCUT2D eigenvalue weighted by atomic mass is 19.1. The van der Waals surface area contributed by atoms with Gasteiger partial charge in [0.1, 0.15) is 11.9 Å². The molecule has 0 saturated carbocycles. The molecule has 0 aliphatic carbocycles. The molecule has 28 heavy (non-hydrogen) atoms. The standard InChI is InChI=1S/C21H14FN3O3/c22-15-10-5-4-9-14(15)17-18(26)16(13-7-2-1-3-8-13)19(27)20(28)25(17)21-23-11-6-12-24-21/h1-12,17,27H/t17-/m0/s1. The lowest BCUT2D eigenvalue weighted by molar-refractivity contribution is -0.124. The van der Waals surface area contributed by atoms with Gasteiger partial charge in [0.05, 0.1) is 5.57 Å². The van der Waals surface area contributed by atoms with E-state index in [0.717, 1.165) is 4.90 Å². The van der Waals surface area contributed by atoms with Crippen LogP contribution in [0.5, 0.6) is 0 Å². The molecule has 138 valence electrons. The van der Waals surface area contributed by atoms with Gasteiger partial charge in [-0.15, -0.1) is 0 Å². The summed E-state index contributed by atoms with van der Waals surface area (Å²) in [5.41, 5.74) is 0.202. The van der Waals surface area contributed by atoms with Gasteiger partial charge in [-0.25, -0.2) is 14.4 Å². The molecule has 0 unspecified atom stereocenters. The summed E-state index contributed by atoms with van der Waals surface area (Å²) in [5.74, 6) is -2.98. The fourth-order valence-electron chi connectivity index (χ4n) is 3.19. The largest absolute Gasteiger partial charge is 0.502 e. The number of amides is 1. The highest BCUT2D eigenvalue weighted by Crippen LogP contribution is 2.38. The lowest BCUT2D eigenvalue weighted by atomic mass is 9.87. The molecule has 1 N–H and O–H groups in total. The van der Waals surface area contributed by atoms with Gasteiger partial charge < -0.3 is 5.11 Å². The van der Waals surface area contributed by atoms with Crippen molar-refractivity contribution in [1.82, 2.24) is 9.97 Å². The van der Waals surface area contributed by atoms with Crippen LogP contribution in [0.3, 0.4) is 0 Å². The molecule has 4 rings (SSSR count). The van der Waals surface area contributed by atoms with Crippen LogP contribution in [0.25, 0.3) is 5.57 Å². The smallest absolute Gasteiger partial charge is 0.297 e. The Kier molecular flexibility index (Phi) is 4.41. The first-order valence-electron chi connectivity index (χ1n) is 8.47. The van der Waals surface area contributed by atoms with E-state index in [2.05, 4.69) is 9.97 Å². The van der Waals surface area contributed by atoms with Gasteiger partial charge in [0.25, 0.3) is 5.91 Å². The molecule has 0 saturated heterocycles. The number of ketones is 1. The summed E-state index contributed by atoms with van der Waals surface area (Å²) >= 11 is 0. The van der Waals surface area contributed by atoms with E-state index in [-0.39, 0.29) is 17.1 Å². The van der Waals surface area contributed by atoms with Crippen LogP contribution in [-0.4, -0.2) is 26.8 Å². The van der Waals surface area contributed by atoms with Gasteiger partial charge in [0, 0.05) is 18.0 Å². The highest BCUT2D eigenvalue weighted by molar-refractivity contribution is 6.34. The second-order valence-electron chi connectivity index (χ2n) is 6.10. The third-order valence-corrected chi connectivity index (χ3v) is 4.44. The maximum Gasteiger partial charge on any atom is 0.297 e. The summed E-state index contributed by atoms with van der Waals surface area (Å²) in [4.78, 5) is 35.3. The summed E-state index contributed by atoms with van der Waals surface area (Å²) < 4.78 is 14.6. The molecule has 0 spiro atoms. The Morgan fingerprint density at radius 2 is 1.54 bits per heavy atom. The van der Waals surface area contributed by atoms with Crippen molar-refractivity contribution in [3.05, 3.63) is 95.8 Å². The normalized spacial score (nSPS) is 17.2. The van der Waals surface area contributed by atoms with Crippen molar-refractivity contribution >= 4 is 23.2 Å². The minimum Gasteiger partial charge on any atom is -0.502 e. The second-order valence-corrected chi connectivity index (χ2v) is 6.10. The van der Waals surface area contributed by atoms with Crippen LogP contribution in [-0.2, 0) is 9.59 Å². The number of aromatic nitrogens is 2. The number of rotatable bonds is 3. The van der Waals surface area contributed by atoms with E-state index in [4.69, 9.17) is 0 Å². The molecule has 3 aromatic rings. The third kappa shape index (κ3) is 2.83. The number of hydrogen-bond donors (Lipinski definition) is 1. The fourth-order valence-corrected chi connectivity index (χ4v) is 3.19. The number of halogens is 1. The van der Waals surface area contributed by atoms with E-state index in [1.54, 1.807) is 42.5 Å². The van der Waals surface area contributed by atoms with Gasteiger partial charge in [-0.2, -0.15) is 0 Å². The van der Waals surface area contributed by atoms with Crippen molar-refractivity contribution in [2.45, 2.75) is 6.04 Å². The summed E-state index contributed by atoms with van der Waals surface area (Å²) in [7, 11) is 0. The summed E-state index contributed by atoms with van der Waals surface area (Å²) in [5, 5.41) is 10.5. The minimum absolute atomic E-state index is 0.00534. The molecule has 1 aliphatic heterocycles. The Bertz CT molecular complexity index is 1080. The molecular weight excluding hydrogens is 361 g/mol. The van der Waals surface area contributed by atoms with E-state index < -0.39 is 29.3 Å². The van der Waals surface area contributed by atoms with Crippen LogP contribution in [0.2, 0.25) is 0 Å². The van der Waals surface area contributed by atoms with Crippen molar-refractivity contribution < 1.29 is 19.1 Å². The highest BCUT2D eigenvalue weighted by Gasteiger charge is 2.45. The van der Waals surface area contributed by atoms with Crippen molar-refractivity contribution in [2.75, 3.05) is 4.90 Å². The molecule has 0 radical (unpaired) electrons. The first-order chi connectivity index (χ1) is 13.6. The molecule has 7 heteroatoms. The molecule has 2 aromatic carbocycles. The van der Waals surface area contributed by atoms with Gasteiger partial charge in [0.15, 0.2) is 11.5 Å². The molecule has 0 bridgehead atoms. The summed E-state index contributed by atoms with van der Waals surface area (Å²) in [6.45, 7) is 0. The number of aliphatic hydroxyl groups is 1. The number of hydrogen-bond acceptors (Lipinski definition) is 5. The molecule has 2 heterocycles. The number of Topliss-reactive ketones (excluding diaryl/α,β-unsaturated/α-hetero) is 1. The molecule has 1 atom stereocenters. The van der Waals surface area contributed by atoms with Gasteiger partial charge in [-0.05, 0) is 17.7 Å². The van der Waals surface area contributed by atoms with Gasteiger partial charge in [0.2, 0.25) is 5.95 Å². The average molecular weight is 375 g/mol. The number of benzene rings is 2. The van der Waals surface area contributed by atoms with Crippen LogP contribution in [0.4, 0.5) is 10.3 Å². The van der Waals surface area contributed by atoms with Crippen molar-refractivity contribution in [3.8, 4) is 0 Å². The predicted molar refractivity (Wildman–Crippen MR) is 99.7 cm³/mol. The number of carbonyl (C=O) groups is 2. The zero-order valence-electron chi connectivity index (χ0n) is 14.5. The van der Waals surface area contributed by atoms with E-state index in [0.29, 0.717) is 5.56 Å². The van der Waals surface area contributed by atoms with Crippen LogP contribution in [0, 0.1) is 5.82 Å². The molecule has 0 fully saturated rings. The number of nitrogens with zero attached hydrogens (tertiary/aromatic N) is 3. The van der Waals surface area contributed by atoms with Crippen molar-refractivity contribution in [3.63, 3.8) is 0 Å². The predicted octanol–water partition coefficient (Wildman–Crippen LogP) is 3.24. The Labute approximate surface area is 159 Å². The van der Waals surface area contributed by atoms with E-state index in [1.165, 1.54) is 30.6 Å². The Hall–Kier alpha value is -3.87. The van der Waals surface area contributed by atoms with Gasteiger partial charge in [-0.1, -0.05) is 48.5 Å². The number of carbonyl (C=O) groups excluding carboxylic acids is 2. The van der Waals surface area contributed by atoms with E-state index in [9.17, 15) is 19.1 Å². The van der Waals surface area contributed by atoms with Crippen LogP contribution in [0.1, 0.15) is 17.2 Å². The Morgan fingerprint density at radius 3 is 2.21 bits per heavy atom. The van der Waals surface area contributed by atoms with Gasteiger partial charge in [-0.3, -0.25) is 14.5 Å². The maximum absolute atomic E-state index is 14.6. The Morgan fingerprint density at radius 1 is 0.893 bits per heavy atom. The quantitative estimate of drug-likeness (QED) is 0.760. The lowest BCUT2D eigenvalue weighted by Crippen LogP contribution is -2.46. The zero-order chi connectivity index (χ0) is 19.7. The third-order valence-electron chi connectivity index (χ3n) is 4.44. The SMILES string of the molecule is O=C1C(c2ccccc2)=C(O)C(=O)N(c2ncccn2)[C@H]1c1ccccc1F. The fraction of sp³-hybridized carbons (Fsp3) is 0.0476. The summed E-state index contributed by atoms with van der Waals surface area (Å²) in [6.07, 6.45) is 2.79.